The van der Waals surface area contributed by atoms with Gasteiger partial charge in [0, 0.05) is 24.0 Å². The molecule has 3 aromatic rings. The third-order valence-corrected chi connectivity index (χ3v) is 4.25. The van der Waals surface area contributed by atoms with E-state index in [2.05, 4.69) is 4.98 Å². The second-order valence-electron chi connectivity index (χ2n) is 5.19. The van der Waals surface area contributed by atoms with Crippen LogP contribution in [0.1, 0.15) is 30.1 Å². The number of hydrogen-bond donors (Lipinski definition) is 1. The predicted octanol–water partition coefficient (Wildman–Crippen LogP) is 5.83. The van der Waals surface area contributed by atoms with Crippen molar-refractivity contribution >= 4 is 29.3 Å². The maximum atomic E-state index is 14.0. The fourth-order valence-electron chi connectivity index (χ4n) is 2.22. The molecular weight excluding hydrogens is 379 g/mol. The summed E-state index contributed by atoms with van der Waals surface area (Å²) in [5.74, 6) is -0.106. The highest BCUT2D eigenvalue weighted by Gasteiger charge is 2.13. The summed E-state index contributed by atoms with van der Waals surface area (Å²) >= 11 is 1.38. The Kier molecular flexibility index (Phi) is 7.83. The fraction of sp³-hybridized carbons (Fsp3) is 0.143. The topological polar surface area (TPSA) is 78.4 Å². The van der Waals surface area contributed by atoms with Crippen molar-refractivity contribution in [3.8, 4) is 11.5 Å². The molecule has 2 N–H and O–H groups in total. The van der Waals surface area contributed by atoms with Gasteiger partial charge in [-0.05, 0) is 42.7 Å². The Hall–Kier alpha value is -3.06. The molecule has 7 heteroatoms. The molecule has 1 aromatic carbocycles. The number of nitrogens with zero attached hydrogens (tertiary/aromatic N) is 1. The molecule has 3 rings (SSSR count). The molecule has 0 unspecified atom stereocenters. The molecule has 5 nitrogen and oxygen atoms in total. The number of aromatic nitrogens is 1. The van der Waals surface area contributed by atoms with Crippen LogP contribution in [0.15, 0.2) is 64.2 Å². The van der Waals surface area contributed by atoms with E-state index in [0.717, 1.165) is 0 Å². The van der Waals surface area contributed by atoms with Crippen LogP contribution in [-0.4, -0.2) is 17.0 Å². The lowest BCUT2D eigenvalue weighted by Gasteiger charge is -2.12. The molecule has 0 saturated heterocycles. The Morgan fingerprint density at radius 3 is 2.68 bits per heavy atom. The average Bonchev–Trinajstić information content (AvgIpc) is 3.25. The van der Waals surface area contributed by atoms with Gasteiger partial charge in [0.1, 0.15) is 5.75 Å². The lowest BCUT2D eigenvalue weighted by molar-refractivity contribution is 0.102. The van der Waals surface area contributed by atoms with E-state index < -0.39 is 5.82 Å². The molecule has 2 aromatic heterocycles. The fourth-order valence-corrected chi connectivity index (χ4v) is 2.86. The van der Waals surface area contributed by atoms with Gasteiger partial charge in [0.2, 0.25) is 5.78 Å². The van der Waals surface area contributed by atoms with Crippen molar-refractivity contribution in [1.29, 1.82) is 0 Å². The largest absolute Gasteiger partial charge is 0.461 e. The number of ketones is 1. The van der Waals surface area contributed by atoms with Gasteiger partial charge in [0.15, 0.2) is 17.3 Å². The smallest absolute Gasteiger partial charge is 0.221 e. The number of allylic oxidation sites excluding steroid dienone is 1. The minimum Gasteiger partial charge on any atom is -0.461 e. The van der Waals surface area contributed by atoms with Crippen LogP contribution in [-0.2, 0) is 0 Å². The molecule has 0 radical (unpaired) electrons. The molecule has 0 bridgehead atoms. The third kappa shape index (κ3) is 5.23. The average molecular weight is 400 g/mol. The van der Waals surface area contributed by atoms with Gasteiger partial charge in [-0.15, -0.1) is 11.8 Å². The monoisotopic (exact) mass is 400 g/mol. The maximum absolute atomic E-state index is 14.0. The molecule has 0 fully saturated rings. The second kappa shape index (κ2) is 10.3. The molecule has 28 heavy (non-hydrogen) atoms. The number of furan rings is 1. The number of pyridine rings is 1. The molecule has 0 aliphatic heterocycles. The molecule has 146 valence electrons. The minimum absolute atomic E-state index is 0.0577. The quantitative estimate of drug-likeness (QED) is 0.243. The number of carbonyl (C=O) groups is 1. The van der Waals surface area contributed by atoms with E-state index in [-0.39, 0.29) is 17.3 Å². The molecule has 2 heterocycles. The van der Waals surface area contributed by atoms with Crippen LogP contribution in [0.3, 0.4) is 0 Å². The molecule has 0 atom stereocenters. The first-order valence-electron chi connectivity index (χ1n) is 8.60. The van der Waals surface area contributed by atoms with E-state index in [1.165, 1.54) is 42.4 Å². The summed E-state index contributed by atoms with van der Waals surface area (Å²) in [6, 6.07) is 9.07. The SMILES string of the molecule is CC.CSc1c(Oc2ccc(N)cc2F)ccnc1/C=C/C(=O)c1ccco1. The first-order chi connectivity index (χ1) is 13.6. The van der Waals surface area contributed by atoms with Crippen LogP contribution in [0.2, 0.25) is 0 Å². The summed E-state index contributed by atoms with van der Waals surface area (Å²) in [4.78, 5) is 17.0. The van der Waals surface area contributed by atoms with Gasteiger partial charge in [-0.3, -0.25) is 9.78 Å². The summed E-state index contributed by atoms with van der Waals surface area (Å²) in [5.41, 5.74) is 6.40. The van der Waals surface area contributed by atoms with Crippen LogP contribution < -0.4 is 10.5 Å². The van der Waals surface area contributed by atoms with Gasteiger partial charge in [-0.1, -0.05) is 13.8 Å². The molecule has 0 spiro atoms. The minimum atomic E-state index is -0.557. The zero-order valence-corrected chi connectivity index (χ0v) is 16.6. The summed E-state index contributed by atoms with van der Waals surface area (Å²) < 4.78 is 24.7. The number of rotatable bonds is 6. The van der Waals surface area contributed by atoms with E-state index in [1.807, 2.05) is 20.1 Å². The predicted molar refractivity (Wildman–Crippen MR) is 110 cm³/mol. The Morgan fingerprint density at radius 2 is 2.04 bits per heavy atom. The number of benzene rings is 1. The number of ether oxygens (including phenoxy) is 1. The number of thioether (sulfide) groups is 1. The number of halogens is 1. The summed E-state index contributed by atoms with van der Waals surface area (Å²) in [5, 5.41) is 0. The highest BCUT2D eigenvalue weighted by Crippen LogP contribution is 2.35. The molecule has 0 amide bonds. The van der Waals surface area contributed by atoms with Crippen molar-refractivity contribution in [1.82, 2.24) is 4.98 Å². The van der Waals surface area contributed by atoms with Crippen LogP contribution in [0.25, 0.3) is 6.08 Å². The normalized spacial score (nSPS) is 10.4. The highest BCUT2D eigenvalue weighted by atomic mass is 32.2. The molecule has 0 saturated carbocycles. The first kappa shape index (κ1) is 21.2. The molecular formula is C21H21FN2O3S. The number of anilines is 1. The van der Waals surface area contributed by atoms with Gasteiger partial charge in [-0.25, -0.2) is 4.39 Å². The number of hydrogen-bond acceptors (Lipinski definition) is 6. The van der Waals surface area contributed by atoms with Gasteiger partial charge < -0.3 is 14.9 Å². The Bertz CT molecular complexity index is 956. The Labute approximate surface area is 167 Å². The van der Waals surface area contributed by atoms with Crippen LogP contribution in [0.4, 0.5) is 10.1 Å². The van der Waals surface area contributed by atoms with E-state index >= 15 is 0 Å². The molecule has 0 aliphatic rings. The number of nitrogens with two attached hydrogens (primary N) is 1. The van der Waals surface area contributed by atoms with Crippen LogP contribution in [0, 0.1) is 5.82 Å². The van der Waals surface area contributed by atoms with E-state index in [1.54, 1.807) is 30.3 Å². The number of carbonyl (C=O) groups excluding carboxylic acids is 1. The van der Waals surface area contributed by atoms with E-state index in [4.69, 9.17) is 14.9 Å². The Balaban J connectivity index is 0.00000136. The van der Waals surface area contributed by atoms with Gasteiger partial charge >= 0.3 is 0 Å². The van der Waals surface area contributed by atoms with Crippen LogP contribution in [0.5, 0.6) is 11.5 Å². The second-order valence-corrected chi connectivity index (χ2v) is 6.01. The van der Waals surface area contributed by atoms with E-state index in [0.29, 0.717) is 22.0 Å². The highest BCUT2D eigenvalue weighted by molar-refractivity contribution is 7.98. The third-order valence-electron chi connectivity index (χ3n) is 3.43. The van der Waals surface area contributed by atoms with Crippen molar-refractivity contribution in [2.24, 2.45) is 0 Å². The Morgan fingerprint density at radius 1 is 1.25 bits per heavy atom. The lowest BCUT2D eigenvalue weighted by Crippen LogP contribution is -1.96. The van der Waals surface area contributed by atoms with Crippen molar-refractivity contribution in [3.05, 3.63) is 72.2 Å². The molecule has 0 aliphatic carbocycles. The van der Waals surface area contributed by atoms with Gasteiger partial charge in [-0.2, -0.15) is 0 Å². The van der Waals surface area contributed by atoms with Crippen molar-refractivity contribution < 1.29 is 18.3 Å². The standard InChI is InChI=1S/C19H15FN2O3S.C2H6/c1-26-19-14(5-6-15(23)17-3-2-10-24-17)22-9-8-18(19)25-16-7-4-12(21)11-13(16)20;1-2/h2-11H,21H2,1H3;1-2H3/b6-5+;. The van der Waals surface area contributed by atoms with Gasteiger partial charge in [0.05, 0.1) is 16.9 Å². The number of nitrogen functional groups attached to an aromatic ring is 1. The van der Waals surface area contributed by atoms with Crippen molar-refractivity contribution in [3.63, 3.8) is 0 Å². The van der Waals surface area contributed by atoms with Crippen molar-refractivity contribution in [2.75, 3.05) is 12.0 Å². The first-order valence-corrected chi connectivity index (χ1v) is 9.82. The zero-order chi connectivity index (χ0) is 20.5. The van der Waals surface area contributed by atoms with Crippen molar-refractivity contribution in [2.45, 2.75) is 18.7 Å². The van der Waals surface area contributed by atoms with Crippen LogP contribution >= 0.6 is 11.8 Å². The zero-order valence-electron chi connectivity index (χ0n) is 15.8. The van der Waals surface area contributed by atoms with E-state index in [9.17, 15) is 9.18 Å². The lowest BCUT2D eigenvalue weighted by atomic mass is 10.2. The summed E-state index contributed by atoms with van der Waals surface area (Å²) in [6.45, 7) is 4.00. The van der Waals surface area contributed by atoms with Gasteiger partial charge in [0.25, 0.3) is 0 Å². The maximum Gasteiger partial charge on any atom is 0.221 e. The summed E-state index contributed by atoms with van der Waals surface area (Å²) in [7, 11) is 0. The summed E-state index contributed by atoms with van der Waals surface area (Å²) in [6.07, 6.45) is 7.75.